The first-order chi connectivity index (χ1) is 11.5. The van der Waals surface area contributed by atoms with E-state index < -0.39 is 5.97 Å². The van der Waals surface area contributed by atoms with Gasteiger partial charge in [-0.3, -0.25) is 4.79 Å². The summed E-state index contributed by atoms with van der Waals surface area (Å²) in [6, 6.07) is 3.23. The highest BCUT2D eigenvalue weighted by atomic mass is 16.5. The van der Waals surface area contributed by atoms with E-state index in [-0.39, 0.29) is 17.9 Å². The van der Waals surface area contributed by atoms with Crippen molar-refractivity contribution in [3.8, 4) is 0 Å². The molecule has 5 heteroatoms. The zero-order valence-corrected chi connectivity index (χ0v) is 14.5. The Morgan fingerprint density at radius 3 is 2.71 bits per heavy atom. The van der Waals surface area contributed by atoms with Crippen LogP contribution in [0.2, 0.25) is 0 Å². The van der Waals surface area contributed by atoms with E-state index in [4.69, 9.17) is 9.15 Å². The minimum Gasteiger partial charge on any atom is -0.467 e. The Morgan fingerprint density at radius 2 is 2.17 bits per heavy atom. The average molecular weight is 331 g/mol. The van der Waals surface area contributed by atoms with Crippen molar-refractivity contribution in [2.24, 2.45) is 5.92 Å². The number of hydrogen-bond acceptors (Lipinski definition) is 4. The lowest BCUT2D eigenvalue weighted by atomic mass is 10.1. The van der Waals surface area contributed by atoms with Crippen molar-refractivity contribution >= 4 is 11.9 Å². The van der Waals surface area contributed by atoms with E-state index in [0.29, 0.717) is 18.8 Å². The molecule has 0 bridgehead atoms. The molecule has 0 saturated heterocycles. The number of carbonyl (C=O) groups is 2. The number of ether oxygens (including phenoxy) is 1. The molecular formula is C19H25NO4. The van der Waals surface area contributed by atoms with Crippen LogP contribution in [0, 0.1) is 5.92 Å². The lowest BCUT2D eigenvalue weighted by Gasteiger charge is -2.28. The molecule has 0 fully saturated rings. The molecule has 1 amide bonds. The maximum atomic E-state index is 12.6. The standard InChI is InChI=1S/C19H25NO4/c1-5-7-13-20(19(22)15(3)4)16(17-11-9-14-24-17)10-8-12-18(21)23-6-2/h5,7-9,11-16H,1,6,10H2,2-4H3/b12-8+,13-7+. The minimum absolute atomic E-state index is 0.0426. The fourth-order valence-corrected chi connectivity index (χ4v) is 2.11. The lowest BCUT2D eigenvalue weighted by molar-refractivity contribution is -0.137. The van der Waals surface area contributed by atoms with E-state index in [0.717, 1.165) is 0 Å². The molecule has 1 heterocycles. The Kier molecular flexibility index (Phi) is 8.33. The van der Waals surface area contributed by atoms with Crippen LogP contribution in [-0.4, -0.2) is 23.4 Å². The Hall–Kier alpha value is -2.56. The molecule has 0 N–H and O–H groups in total. The molecule has 0 aliphatic heterocycles. The second-order valence-corrected chi connectivity index (χ2v) is 5.40. The Bertz CT molecular complexity index is 585. The van der Waals surface area contributed by atoms with Gasteiger partial charge in [0.25, 0.3) is 0 Å². The molecule has 1 aromatic rings. The molecule has 1 rings (SSSR count). The van der Waals surface area contributed by atoms with Gasteiger partial charge in [-0.05, 0) is 31.6 Å². The molecule has 130 valence electrons. The molecule has 0 aliphatic carbocycles. The zero-order chi connectivity index (χ0) is 17.9. The van der Waals surface area contributed by atoms with E-state index in [2.05, 4.69) is 6.58 Å². The van der Waals surface area contributed by atoms with Gasteiger partial charge < -0.3 is 14.1 Å². The molecule has 1 aromatic heterocycles. The molecule has 1 atom stereocenters. The number of esters is 1. The first-order valence-corrected chi connectivity index (χ1v) is 7.99. The van der Waals surface area contributed by atoms with Crippen LogP contribution in [0.1, 0.15) is 39.0 Å². The average Bonchev–Trinajstić information content (AvgIpc) is 3.07. The molecular weight excluding hydrogens is 306 g/mol. The van der Waals surface area contributed by atoms with Gasteiger partial charge >= 0.3 is 5.97 Å². The Balaban J connectivity index is 3.05. The predicted octanol–water partition coefficient (Wildman–Crippen LogP) is 4.01. The Morgan fingerprint density at radius 1 is 1.42 bits per heavy atom. The van der Waals surface area contributed by atoms with E-state index in [1.807, 2.05) is 19.9 Å². The van der Waals surface area contributed by atoms with Crippen LogP contribution in [0.25, 0.3) is 0 Å². The number of carbonyl (C=O) groups excluding carboxylic acids is 2. The largest absolute Gasteiger partial charge is 0.467 e. The zero-order valence-electron chi connectivity index (χ0n) is 14.5. The van der Waals surface area contributed by atoms with Gasteiger partial charge in [0.05, 0.1) is 18.9 Å². The molecule has 0 saturated carbocycles. The third kappa shape index (κ3) is 5.91. The number of hydrogen-bond donors (Lipinski definition) is 0. The van der Waals surface area contributed by atoms with Crippen molar-refractivity contribution in [1.29, 1.82) is 0 Å². The summed E-state index contributed by atoms with van der Waals surface area (Å²) in [5.41, 5.74) is 0. The summed E-state index contributed by atoms with van der Waals surface area (Å²) < 4.78 is 10.4. The number of allylic oxidation sites excluding steroid dienone is 2. The van der Waals surface area contributed by atoms with Gasteiger partial charge in [0.2, 0.25) is 5.91 Å². The van der Waals surface area contributed by atoms with Crippen LogP contribution in [0.3, 0.4) is 0 Å². The van der Waals surface area contributed by atoms with Crippen molar-refractivity contribution in [2.45, 2.75) is 33.2 Å². The topological polar surface area (TPSA) is 59.8 Å². The van der Waals surface area contributed by atoms with Crippen LogP contribution >= 0.6 is 0 Å². The van der Waals surface area contributed by atoms with E-state index in [9.17, 15) is 9.59 Å². The third-order valence-electron chi connectivity index (χ3n) is 3.24. The van der Waals surface area contributed by atoms with Gasteiger partial charge in [0.15, 0.2) is 0 Å². The third-order valence-corrected chi connectivity index (χ3v) is 3.24. The fourth-order valence-electron chi connectivity index (χ4n) is 2.11. The van der Waals surface area contributed by atoms with Crippen molar-refractivity contribution in [3.63, 3.8) is 0 Å². The minimum atomic E-state index is -0.404. The van der Waals surface area contributed by atoms with Crippen LogP contribution in [0.15, 0.2) is 59.9 Å². The molecule has 0 radical (unpaired) electrons. The summed E-state index contributed by atoms with van der Waals surface area (Å²) in [4.78, 5) is 25.6. The second-order valence-electron chi connectivity index (χ2n) is 5.40. The van der Waals surface area contributed by atoms with Gasteiger partial charge in [-0.1, -0.05) is 32.6 Å². The molecule has 24 heavy (non-hydrogen) atoms. The first kappa shape index (κ1) is 19.5. The smallest absolute Gasteiger partial charge is 0.330 e. The van der Waals surface area contributed by atoms with Crippen LogP contribution in [0.4, 0.5) is 0 Å². The summed E-state index contributed by atoms with van der Waals surface area (Å²) >= 11 is 0. The first-order valence-electron chi connectivity index (χ1n) is 7.99. The van der Waals surface area contributed by atoms with Gasteiger partial charge in [-0.25, -0.2) is 4.79 Å². The summed E-state index contributed by atoms with van der Waals surface area (Å²) in [6.45, 7) is 9.39. The Labute approximate surface area is 143 Å². The van der Waals surface area contributed by atoms with Gasteiger partial charge in [0.1, 0.15) is 5.76 Å². The van der Waals surface area contributed by atoms with Crippen molar-refractivity contribution in [3.05, 3.63) is 61.2 Å². The number of rotatable bonds is 9. The second kappa shape index (κ2) is 10.3. The summed E-state index contributed by atoms with van der Waals surface area (Å²) in [5, 5.41) is 0. The van der Waals surface area contributed by atoms with Crippen molar-refractivity contribution in [2.75, 3.05) is 6.61 Å². The molecule has 0 aromatic carbocycles. The fraction of sp³-hybridized carbons (Fsp3) is 0.368. The quantitative estimate of drug-likeness (QED) is 0.390. The van der Waals surface area contributed by atoms with Crippen LogP contribution in [0.5, 0.6) is 0 Å². The van der Waals surface area contributed by atoms with Crippen LogP contribution < -0.4 is 0 Å². The molecule has 1 unspecified atom stereocenters. The molecule has 0 aliphatic rings. The van der Waals surface area contributed by atoms with Crippen molar-refractivity contribution in [1.82, 2.24) is 4.90 Å². The normalized spacial score (nSPS) is 12.7. The lowest BCUT2D eigenvalue weighted by Crippen LogP contribution is -2.33. The summed E-state index contributed by atoms with van der Waals surface area (Å²) in [5.74, 6) is 0.0234. The number of nitrogens with zero attached hydrogens (tertiary/aromatic N) is 1. The highest BCUT2D eigenvalue weighted by Crippen LogP contribution is 2.27. The SMILES string of the molecule is C=C/C=C/N(C(=O)C(C)C)C(C/C=C/C(=O)OCC)c1ccco1. The molecule has 5 nitrogen and oxygen atoms in total. The van der Waals surface area contributed by atoms with Gasteiger partial charge in [-0.15, -0.1) is 0 Å². The summed E-state index contributed by atoms with van der Waals surface area (Å²) in [6.07, 6.45) is 10.0. The highest BCUT2D eigenvalue weighted by molar-refractivity contribution is 5.82. The predicted molar refractivity (Wildman–Crippen MR) is 92.9 cm³/mol. The van der Waals surface area contributed by atoms with Crippen LogP contribution in [-0.2, 0) is 14.3 Å². The molecule has 0 spiro atoms. The van der Waals surface area contributed by atoms with E-state index >= 15 is 0 Å². The van der Waals surface area contributed by atoms with Crippen molar-refractivity contribution < 1.29 is 18.7 Å². The monoisotopic (exact) mass is 331 g/mol. The van der Waals surface area contributed by atoms with E-state index in [1.54, 1.807) is 48.6 Å². The number of amides is 1. The van der Waals surface area contributed by atoms with Gasteiger partial charge in [0, 0.05) is 18.2 Å². The van der Waals surface area contributed by atoms with Gasteiger partial charge in [-0.2, -0.15) is 0 Å². The maximum Gasteiger partial charge on any atom is 0.330 e. The number of furan rings is 1. The highest BCUT2D eigenvalue weighted by Gasteiger charge is 2.26. The summed E-state index contributed by atoms with van der Waals surface area (Å²) in [7, 11) is 0. The van der Waals surface area contributed by atoms with E-state index in [1.165, 1.54) is 6.08 Å². The maximum absolute atomic E-state index is 12.6.